The number of aromatic nitrogens is 1. The molecule has 1 aromatic carbocycles. The highest BCUT2D eigenvalue weighted by molar-refractivity contribution is 9.10. The highest BCUT2D eigenvalue weighted by Gasteiger charge is 2.23. The van der Waals surface area contributed by atoms with Crippen molar-refractivity contribution in [3.63, 3.8) is 0 Å². The first-order chi connectivity index (χ1) is 10.1. The van der Waals surface area contributed by atoms with Gasteiger partial charge in [-0.1, -0.05) is 18.2 Å². The van der Waals surface area contributed by atoms with Gasteiger partial charge < -0.3 is 15.2 Å². The Hall–Kier alpha value is -1.82. The van der Waals surface area contributed by atoms with Crippen LogP contribution in [0.1, 0.15) is 12.1 Å². The number of para-hydroxylation sites is 1. The van der Waals surface area contributed by atoms with Crippen molar-refractivity contribution in [2.24, 2.45) is 0 Å². The summed E-state index contributed by atoms with van der Waals surface area (Å²) in [4.78, 5) is 23.3. The molecule has 6 heteroatoms. The third-order valence-electron chi connectivity index (χ3n) is 3.80. The maximum atomic E-state index is 12.2. The molecule has 0 bridgehead atoms. The molecule has 2 heterocycles. The van der Waals surface area contributed by atoms with Crippen molar-refractivity contribution in [3.8, 4) is 0 Å². The Morgan fingerprint density at radius 2 is 2.24 bits per heavy atom. The van der Waals surface area contributed by atoms with E-state index in [9.17, 15) is 9.59 Å². The molecule has 5 nitrogen and oxygen atoms in total. The Morgan fingerprint density at radius 3 is 2.95 bits per heavy atom. The first-order valence-electron chi connectivity index (χ1n) is 6.85. The van der Waals surface area contributed by atoms with Crippen LogP contribution in [0.4, 0.5) is 0 Å². The molecule has 1 fully saturated rings. The van der Waals surface area contributed by atoms with E-state index in [1.54, 1.807) is 0 Å². The molecule has 0 spiro atoms. The molecule has 110 valence electrons. The molecule has 3 rings (SSSR count). The Kier molecular flexibility index (Phi) is 3.71. The lowest BCUT2D eigenvalue weighted by atomic mass is 10.2. The van der Waals surface area contributed by atoms with Gasteiger partial charge in [0, 0.05) is 34.0 Å². The van der Waals surface area contributed by atoms with Crippen LogP contribution in [0.5, 0.6) is 0 Å². The number of rotatable bonds is 3. The van der Waals surface area contributed by atoms with Crippen LogP contribution >= 0.6 is 15.9 Å². The molecular formula is C15H16BrN3O2. The Balaban J connectivity index is 1.80. The largest absolute Gasteiger partial charge is 0.354 e. The van der Waals surface area contributed by atoms with Gasteiger partial charge in [0.25, 0.3) is 0 Å². The van der Waals surface area contributed by atoms with Gasteiger partial charge in [0.15, 0.2) is 0 Å². The van der Waals surface area contributed by atoms with Gasteiger partial charge in [0.05, 0.1) is 6.04 Å². The summed E-state index contributed by atoms with van der Waals surface area (Å²) in [5.74, 6) is -0.0847. The van der Waals surface area contributed by atoms with Crippen LogP contribution in [0.2, 0.25) is 0 Å². The lowest BCUT2D eigenvalue weighted by Crippen LogP contribution is -2.38. The zero-order valence-electron chi connectivity index (χ0n) is 11.6. The van der Waals surface area contributed by atoms with Crippen LogP contribution in [0.25, 0.3) is 10.9 Å². The van der Waals surface area contributed by atoms with E-state index in [-0.39, 0.29) is 24.4 Å². The normalized spacial score (nSPS) is 18.0. The number of hydrogen-bond donors (Lipinski definition) is 2. The van der Waals surface area contributed by atoms with E-state index >= 15 is 0 Å². The van der Waals surface area contributed by atoms with Crippen molar-refractivity contribution in [2.45, 2.75) is 25.9 Å². The van der Waals surface area contributed by atoms with Crippen molar-refractivity contribution >= 4 is 38.6 Å². The molecule has 1 aliphatic heterocycles. The van der Waals surface area contributed by atoms with Crippen molar-refractivity contribution in [2.75, 3.05) is 6.54 Å². The molecule has 2 amide bonds. The standard InChI is InChI=1S/C15H16BrN3O2/c1-9-15(16)11-4-2-3-5-12(11)19(9)8-14(21)18-10-6-13(20)17-7-10/h2-5,10H,6-8H2,1H3,(H,17,20)(H,18,21). The molecule has 1 atom stereocenters. The van der Waals surface area contributed by atoms with Gasteiger partial charge in [-0.2, -0.15) is 0 Å². The summed E-state index contributed by atoms with van der Waals surface area (Å²) in [5, 5.41) is 6.71. The summed E-state index contributed by atoms with van der Waals surface area (Å²) < 4.78 is 3.00. The molecule has 0 aliphatic carbocycles. The summed E-state index contributed by atoms with van der Waals surface area (Å²) in [6.07, 6.45) is 0.362. The first-order valence-corrected chi connectivity index (χ1v) is 7.65. The minimum Gasteiger partial charge on any atom is -0.354 e. The lowest BCUT2D eigenvalue weighted by Gasteiger charge is -2.12. The molecule has 1 aromatic heterocycles. The SMILES string of the molecule is Cc1c(Br)c2ccccc2n1CC(=O)NC1CNC(=O)C1. The van der Waals surface area contributed by atoms with E-state index in [0.717, 1.165) is 21.1 Å². The minimum atomic E-state index is -0.101. The molecule has 1 aliphatic rings. The van der Waals surface area contributed by atoms with Crippen LogP contribution in [0.15, 0.2) is 28.7 Å². The van der Waals surface area contributed by atoms with Crippen molar-refractivity contribution < 1.29 is 9.59 Å². The topological polar surface area (TPSA) is 63.1 Å². The van der Waals surface area contributed by atoms with E-state index in [0.29, 0.717) is 13.0 Å². The van der Waals surface area contributed by atoms with Crippen molar-refractivity contribution in [1.29, 1.82) is 0 Å². The van der Waals surface area contributed by atoms with Crippen molar-refractivity contribution in [3.05, 3.63) is 34.4 Å². The van der Waals surface area contributed by atoms with Crippen molar-refractivity contribution in [1.82, 2.24) is 15.2 Å². The third-order valence-corrected chi connectivity index (χ3v) is 4.80. The number of halogens is 1. The van der Waals surface area contributed by atoms with Gasteiger partial charge in [-0.25, -0.2) is 0 Å². The van der Waals surface area contributed by atoms with Gasteiger partial charge in [-0.15, -0.1) is 0 Å². The molecular weight excluding hydrogens is 334 g/mol. The fourth-order valence-electron chi connectivity index (χ4n) is 2.72. The van der Waals surface area contributed by atoms with E-state index in [1.165, 1.54) is 0 Å². The number of carbonyl (C=O) groups is 2. The third kappa shape index (κ3) is 2.68. The number of carbonyl (C=O) groups excluding carboxylic acids is 2. The summed E-state index contributed by atoms with van der Waals surface area (Å²) >= 11 is 3.58. The van der Waals surface area contributed by atoms with Gasteiger partial charge in [0.2, 0.25) is 11.8 Å². The van der Waals surface area contributed by atoms with Crippen LogP contribution < -0.4 is 10.6 Å². The zero-order valence-corrected chi connectivity index (χ0v) is 13.2. The number of nitrogens with zero attached hydrogens (tertiary/aromatic N) is 1. The molecule has 1 unspecified atom stereocenters. The maximum Gasteiger partial charge on any atom is 0.240 e. The number of fused-ring (bicyclic) bond motifs is 1. The molecule has 21 heavy (non-hydrogen) atoms. The second kappa shape index (κ2) is 5.52. The number of hydrogen-bond acceptors (Lipinski definition) is 2. The highest BCUT2D eigenvalue weighted by Crippen LogP contribution is 2.30. The summed E-state index contributed by atoms with van der Waals surface area (Å²) in [7, 11) is 0. The highest BCUT2D eigenvalue weighted by atomic mass is 79.9. The molecule has 0 radical (unpaired) electrons. The number of nitrogens with one attached hydrogen (secondary N) is 2. The van der Waals surface area contributed by atoms with Crippen LogP contribution in [0, 0.1) is 6.92 Å². The fourth-order valence-corrected chi connectivity index (χ4v) is 3.27. The average molecular weight is 350 g/mol. The van der Waals surface area contributed by atoms with Gasteiger partial charge in [-0.05, 0) is 28.9 Å². The fraction of sp³-hybridized carbons (Fsp3) is 0.333. The molecule has 1 saturated heterocycles. The first kappa shape index (κ1) is 14.1. The second-order valence-corrected chi connectivity index (χ2v) is 6.07. The summed E-state index contributed by atoms with van der Waals surface area (Å²) in [6, 6.07) is 7.87. The Bertz CT molecular complexity index is 723. The minimum absolute atomic E-state index is 0.00867. The quantitative estimate of drug-likeness (QED) is 0.886. The molecule has 0 saturated carbocycles. The molecule has 2 aromatic rings. The van der Waals surface area contributed by atoms with E-state index in [4.69, 9.17) is 0 Å². The Morgan fingerprint density at radius 1 is 1.48 bits per heavy atom. The summed E-state index contributed by atoms with van der Waals surface area (Å²) in [5.41, 5.74) is 2.05. The smallest absolute Gasteiger partial charge is 0.240 e. The molecule has 2 N–H and O–H groups in total. The maximum absolute atomic E-state index is 12.2. The predicted molar refractivity (Wildman–Crippen MR) is 83.9 cm³/mol. The van der Waals surface area contributed by atoms with Gasteiger partial charge in [-0.3, -0.25) is 9.59 Å². The average Bonchev–Trinajstić information content (AvgIpc) is 2.97. The predicted octanol–water partition coefficient (Wildman–Crippen LogP) is 1.72. The van der Waals surface area contributed by atoms with E-state index in [1.807, 2.05) is 35.8 Å². The number of benzene rings is 1. The van der Waals surface area contributed by atoms with E-state index < -0.39 is 0 Å². The van der Waals surface area contributed by atoms with Gasteiger partial charge in [0.1, 0.15) is 6.54 Å². The van der Waals surface area contributed by atoms with Crippen LogP contribution in [-0.2, 0) is 16.1 Å². The van der Waals surface area contributed by atoms with Crippen LogP contribution in [0.3, 0.4) is 0 Å². The summed E-state index contributed by atoms with van der Waals surface area (Å²) in [6.45, 7) is 2.75. The lowest BCUT2D eigenvalue weighted by molar-refractivity contribution is -0.122. The number of amides is 2. The van der Waals surface area contributed by atoms with Gasteiger partial charge >= 0.3 is 0 Å². The Labute approximate surface area is 130 Å². The van der Waals surface area contributed by atoms with E-state index in [2.05, 4.69) is 26.6 Å². The zero-order chi connectivity index (χ0) is 15.0. The van der Waals surface area contributed by atoms with Crippen LogP contribution in [-0.4, -0.2) is 29.0 Å². The monoisotopic (exact) mass is 349 g/mol. The second-order valence-electron chi connectivity index (χ2n) is 5.28.